The molecule has 0 saturated carbocycles. The number of piperidine rings is 1. The first-order chi connectivity index (χ1) is 11.2. The minimum atomic E-state index is -1.52. The molecule has 1 fully saturated rings. The van der Waals surface area contributed by atoms with Crippen LogP contribution in [-0.2, 0) is 4.79 Å². The van der Waals surface area contributed by atoms with Crippen LogP contribution in [0.25, 0.3) is 0 Å². The molecule has 0 radical (unpaired) electrons. The number of nitrogens with zero attached hydrogens (tertiary/aromatic N) is 1. The Bertz CT molecular complexity index is 625. The van der Waals surface area contributed by atoms with E-state index in [2.05, 4.69) is 5.32 Å². The standard InChI is InChI=1S/C17H23FN2O4/c1-11(2)19-16(23)20-8-6-17(7-9-20,15(21)22)24-14-10-12(3)4-5-13(14)18/h4-5,10-11H,6-9H2,1-3H3,(H,19,23)(H,21,22). The number of aryl methyl sites for hydroxylation is 1. The van der Waals surface area contributed by atoms with Gasteiger partial charge >= 0.3 is 12.0 Å². The highest BCUT2D eigenvalue weighted by molar-refractivity contribution is 5.79. The van der Waals surface area contributed by atoms with Gasteiger partial charge < -0.3 is 20.1 Å². The van der Waals surface area contributed by atoms with E-state index in [1.54, 1.807) is 17.9 Å². The zero-order valence-electron chi connectivity index (χ0n) is 14.1. The number of hydrogen-bond acceptors (Lipinski definition) is 3. The molecule has 1 aromatic rings. The minimum absolute atomic E-state index is 0.00120. The molecule has 6 nitrogen and oxygen atoms in total. The number of nitrogens with one attached hydrogen (secondary N) is 1. The van der Waals surface area contributed by atoms with E-state index < -0.39 is 17.4 Å². The van der Waals surface area contributed by atoms with Gasteiger partial charge in [0.05, 0.1) is 0 Å². The topological polar surface area (TPSA) is 78.9 Å². The third-order valence-electron chi connectivity index (χ3n) is 4.05. The van der Waals surface area contributed by atoms with Crippen molar-refractivity contribution in [3.05, 3.63) is 29.6 Å². The van der Waals surface area contributed by atoms with Crippen LogP contribution in [0, 0.1) is 12.7 Å². The summed E-state index contributed by atoms with van der Waals surface area (Å²) in [6.07, 6.45) is 0.197. The molecular formula is C17H23FN2O4. The lowest BCUT2D eigenvalue weighted by atomic mass is 9.91. The van der Waals surface area contributed by atoms with Crippen molar-refractivity contribution in [2.24, 2.45) is 0 Å². The number of ether oxygens (including phenoxy) is 1. The van der Waals surface area contributed by atoms with Crippen LogP contribution < -0.4 is 10.1 Å². The van der Waals surface area contributed by atoms with E-state index in [1.165, 1.54) is 12.1 Å². The van der Waals surface area contributed by atoms with E-state index in [1.807, 2.05) is 13.8 Å². The van der Waals surface area contributed by atoms with Gasteiger partial charge in [-0.1, -0.05) is 6.07 Å². The third kappa shape index (κ3) is 3.96. The molecule has 1 aliphatic rings. The van der Waals surface area contributed by atoms with Crippen LogP contribution in [0.3, 0.4) is 0 Å². The molecule has 0 spiro atoms. The number of likely N-dealkylation sites (tertiary alicyclic amines) is 1. The number of aliphatic carboxylic acids is 1. The average molecular weight is 338 g/mol. The van der Waals surface area contributed by atoms with E-state index in [0.717, 1.165) is 5.56 Å². The molecule has 7 heteroatoms. The maximum absolute atomic E-state index is 13.9. The summed E-state index contributed by atoms with van der Waals surface area (Å²) in [5.74, 6) is -1.81. The molecule has 1 heterocycles. The minimum Gasteiger partial charge on any atom is -0.478 e. The van der Waals surface area contributed by atoms with Crippen molar-refractivity contribution in [3.63, 3.8) is 0 Å². The smallest absolute Gasteiger partial charge is 0.348 e. The lowest BCUT2D eigenvalue weighted by Crippen LogP contribution is -2.56. The number of halogens is 1. The fraction of sp³-hybridized carbons (Fsp3) is 0.529. The van der Waals surface area contributed by atoms with Gasteiger partial charge in [-0.15, -0.1) is 0 Å². The maximum atomic E-state index is 13.9. The first-order valence-electron chi connectivity index (χ1n) is 7.97. The lowest BCUT2D eigenvalue weighted by molar-refractivity contribution is -0.159. The molecular weight excluding hydrogens is 315 g/mol. The van der Waals surface area contributed by atoms with Crippen molar-refractivity contribution in [2.45, 2.75) is 45.3 Å². The number of carbonyl (C=O) groups is 2. The lowest BCUT2D eigenvalue weighted by Gasteiger charge is -2.39. The van der Waals surface area contributed by atoms with Crippen molar-refractivity contribution in [1.29, 1.82) is 0 Å². The van der Waals surface area contributed by atoms with Crippen LogP contribution in [0.4, 0.5) is 9.18 Å². The molecule has 1 saturated heterocycles. The van der Waals surface area contributed by atoms with Gasteiger partial charge in [0.15, 0.2) is 11.6 Å². The Morgan fingerprint density at radius 2 is 1.96 bits per heavy atom. The fourth-order valence-corrected chi connectivity index (χ4v) is 2.67. The van der Waals surface area contributed by atoms with Crippen LogP contribution in [-0.4, -0.2) is 46.7 Å². The number of amides is 2. The molecule has 1 aromatic carbocycles. The average Bonchev–Trinajstić information content (AvgIpc) is 2.50. The van der Waals surface area contributed by atoms with Crippen LogP contribution in [0.1, 0.15) is 32.3 Å². The number of carboxylic acid groups (broad SMARTS) is 1. The molecule has 2 N–H and O–H groups in total. The first kappa shape index (κ1) is 18.0. The van der Waals surface area contributed by atoms with E-state index in [4.69, 9.17) is 4.74 Å². The number of hydrogen-bond donors (Lipinski definition) is 2. The molecule has 0 atom stereocenters. The monoisotopic (exact) mass is 338 g/mol. The fourth-order valence-electron chi connectivity index (χ4n) is 2.67. The SMILES string of the molecule is Cc1ccc(F)c(OC2(C(=O)O)CCN(C(=O)NC(C)C)CC2)c1. The second-order valence-corrected chi connectivity index (χ2v) is 6.43. The Labute approximate surface area is 140 Å². The Morgan fingerprint density at radius 3 is 2.50 bits per heavy atom. The number of rotatable bonds is 4. The molecule has 1 aliphatic heterocycles. The van der Waals surface area contributed by atoms with E-state index in [0.29, 0.717) is 0 Å². The Morgan fingerprint density at radius 1 is 1.33 bits per heavy atom. The first-order valence-corrected chi connectivity index (χ1v) is 7.97. The molecule has 132 valence electrons. The molecule has 2 rings (SSSR count). The van der Waals surface area contributed by atoms with Crippen LogP contribution in [0.5, 0.6) is 5.75 Å². The van der Waals surface area contributed by atoms with Crippen LogP contribution in [0.15, 0.2) is 18.2 Å². The van der Waals surface area contributed by atoms with Crippen molar-refractivity contribution >= 4 is 12.0 Å². The largest absolute Gasteiger partial charge is 0.478 e. The highest BCUT2D eigenvalue weighted by Crippen LogP contribution is 2.31. The number of carboxylic acids is 1. The third-order valence-corrected chi connectivity index (χ3v) is 4.05. The maximum Gasteiger partial charge on any atom is 0.348 e. The van der Waals surface area contributed by atoms with Gasteiger partial charge in [-0.05, 0) is 38.5 Å². The van der Waals surface area contributed by atoms with Gasteiger partial charge in [-0.3, -0.25) is 0 Å². The predicted octanol–water partition coefficient (Wildman–Crippen LogP) is 2.55. The summed E-state index contributed by atoms with van der Waals surface area (Å²) >= 11 is 0. The quantitative estimate of drug-likeness (QED) is 0.884. The Balaban J connectivity index is 2.12. The van der Waals surface area contributed by atoms with Gasteiger partial charge in [0.25, 0.3) is 0 Å². The predicted molar refractivity (Wildman–Crippen MR) is 86.6 cm³/mol. The Kier molecular flexibility index (Phi) is 5.31. The highest BCUT2D eigenvalue weighted by atomic mass is 19.1. The van der Waals surface area contributed by atoms with Gasteiger partial charge in [-0.2, -0.15) is 0 Å². The van der Waals surface area contributed by atoms with E-state index in [9.17, 15) is 19.1 Å². The highest BCUT2D eigenvalue weighted by Gasteiger charge is 2.45. The normalized spacial score (nSPS) is 16.8. The van der Waals surface area contributed by atoms with Crippen molar-refractivity contribution in [1.82, 2.24) is 10.2 Å². The summed E-state index contributed by atoms with van der Waals surface area (Å²) in [6, 6.07) is 4.10. The summed E-state index contributed by atoms with van der Waals surface area (Å²) in [5, 5.41) is 12.4. The second-order valence-electron chi connectivity index (χ2n) is 6.43. The molecule has 0 aliphatic carbocycles. The number of urea groups is 1. The van der Waals surface area contributed by atoms with E-state index in [-0.39, 0.29) is 43.8 Å². The summed E-state index contributed by atoms with van der Waals surface area (Å²) in [4.78, 5) is 25.3. The molecule has 24 heavy (non-hydrogen) atoms. The number of carbonyl (C=O) groups excluding carboxylic acids is 1. The van der Waals surface area contributed by atoms with Crippen LogP contribution >= 0.6 is 0 Å². The number of benzene rings is 1. The van der Waals surface area contributed by atoms with Gasteiger partial charge in [0.1, 0.15) is 0 Å². The van der Waals surface area contributed by atoms with Gasteiger partial charge in [0, 0.05) is 32.0 Å². The molecule has 2 amide bonds. The van der Waals surface area contributed by atoms with Crippen molar-refractivity contribution in [2.75, 3.05) is 13.1 Å². The Hall–Kier alpha value is -2.31. The summed E-state index contributed by atoms with van der Waals surface area (Å²) in [7, 11) is 0. The summed E-state index contributed by atoms with van der Waals surface area (Å²) in [5.41, 5.74) is -0.746. The van der Waals surface area contributed by atoms with Crippen molar-refractivity contribution < 1.29 is 23.8 Å². The zero-order valence-corrected chi connectivity index (χ0v) is 14.1. The van der Waals surface area contributed by atoms with Crippen molar-refractivity contribution in [3.8, 4) is 5.75 Å². The molecule has 0 bridgehead atoms. The molecule has 0 aromatic heterocycles. The van der Waals surface area contributed by atoms with E-state index >= 15 is 0 Å². The van der Waals surface area contributed by atoms with Gasteiger partial charge in [-0.25, -0.2) is 14.0 Å². The second kappa shape index (κ2) is 7.07. The van der Waals surface area contributed by atoms with Crippen LogP contribution in [0.2, 0.25) is 0 Å². The molecule has 0 unspecified atom stereocenters. The summed E-state index contributed by atoms with van der Waals surface area (Å²) in [6.45, 7) is 5.95. The van der Waals surface area contributed by atoms with Gasteiger partial charge in [0.2, 0.25) is 5.60 Å². The zero-order chi connectivity index (χ0) is 17.9. The summed E-state index contributed by atoms with van der Waals surface area (Å²) < 4.78 is 19.5.